The molecule has 1 N–H and O–H groups in total. The van der Waals surface area contributed by atoms with Crippen molar-refractivity contribution in [2.75, 3.05) is 6.54 Å². The van der Waals surface area contributed by atoms with E-state index in [1.165, 1.54) is 11.1 Å². The van der Waals surface area contributed by atoms with E-state index in [0.717, 1.165) is 25.4 Å². The summed E-state index contributed by atoms with van der Waals surface area (Å²) in [6.45, 7) is 0.633. The summed E-state index contributed by atoms with van der Waals surface area (Å²) in [4.78, 5) is 4.83. The van der Waals surface area contributed by atoms with Crippen molar-refractivity contribution in [1.82, 2.24) is 5.32 Å². The summed E-state index contributed by atoms with van der Waals surface area (Å²) in [6.07, 6.45) is 0. The predicted molar refractivity (Wildman–Crippen MR) is 115 cm³/mol. The molecule has 0 bridgehead atoms. The van der Waals surface area contributed by atoms with Crippen LogP contribution in [-0.4, -0.2) is 12.4 Å². The number of hydrogen-bond donors (Lipinski definition) is 1. The van der Waals surface area contributed by atoms with Gasteiger partial charge in [-0.05, 0) is 59.7 Å². The minimum absolute atomic E-state index is 0.392. The quantitative estimate of drug-likeness (QED) is 0.467. The smallest absolute Gasteiger partial charge is 0.129 e. The lowest BCUT2D eigenvalue weighted by atomic mass is 9.83. The Kier molecular flexibility index (Phi) is 4.91. The van der Waals surface area contributed by atoms with Crippen LogP contribution in [0.15, 0.2) is 86.7 Å². The second kappa shape index (κ2) is 7.18. The molecule has 0 radical (unpaired) electrons. The van der Waals surface area contributed by atoms with Gasteiger partial charge in [0.15, 0.2) is 0 Å². The van der Waals surface area contributed by atoms with Gasteiger partial charge in [-0.3, -0.25) is 4.99 Å². The SMILES string of the molecule is Clc1ccc(C2=NCC(c3ccc(Br)cc3)(c3ccc(Br)cc3)N2)cc1. The number of nitrogens with zero attached hydrogens (tertiary/aromatic N) is 1. The molecule has 1 heterocycles. The van der Waals surface area contributed by atoms with E-state index >= 15 is 0 Å². The Morgan fingerprint density at radius 1 is 0.769 bits per heavy atom. The maximum absolute atomic E-state index is 6.03. The molecule has 1 aliphatic heterocycles. The Balaban J connectivity index is 1.77. The highest BCUT2D eigenvalue weighted by Gasteiger charge is 2.39. The van der Waals surface area contributed by atoms with Crippen LogP contribution in [-0.2, 0) is 5.54 Å². The summed E-state index contributed by atoms with van der Waals surface area (Å²) < 4.78 is 2.12. The molecule has 3 aromatic carbocycles. The first kappa shape index (κ1) is 17.8. The van der Waals surface area contributed by atoms with Crippen LogP contribution in [0.2, 0.25) is 5.02 Å². The molecule has 1 aliphatic rings. The van der Waals surface area contributed by atoms with Gasteiger partial charge in [0.05, 0.1) is 6.54 Å². The Bertz CT molecular complexity index is 903. The van der Waals surface area contributed by atoms with Gasteiger partial charge in [0.25, 0.3) is 0 Å². The summed E-state index contributed by atoms with van der Waals surface area (Å²) in [5, 5.41) is 4.41. The van der Waals surface area contributed by atoms with Crippen LogP contribution in [0.3, 0.4) is 0 Å². The second-order valence-corrected chi connectivity index (χ2v) is 8.48. The van der Waals surface area contributed by atoms with Crippen molar-refractivity contribution in [2.24, 2.45) is 4.99 Å². The fraction of sp³-hybridized carbons (Fsp3) is 0.0952. The Labute approximate surface area is 174 Å². The molecule has 130 valence electrons. The van der Waals surface area contributed by atoms with E-state index in [-0.39, 0.29) is 0 Å². The molecule has 26 heavy (non-hydrogen) atoms. The van der Waals surface area contributed by atoms with Crippen molar-refractivity contribution in [3.05, 3.63) is 103 Å². The minimum Gasteiger partial charge on any atom is -0.355 e. The average molecular weight is 491 g/mol. The molecule has 0 atom stereocenters. The highest BCUT2D eigenvalue weighted by atomic mass is 79.9. The Hall–Kier alpha value is -1.62. The second-order valence-electron chi connectivity index (χ2n) is 6.22. The lowest BCUT2D eigenvalue weighted by Crippen LogP contribution is -2.44. The van der Waals surface area contributed by atoms with Crippen LogP contribution in [0.4, 0.5) is 0 Å². The number of hydrogen-bond acceptors (Lipinski definition) is 2. The van der Waals surface area contributed by atoms with Crippen molar-refractivity contribution in [3.8, 4) is 0 Å². The van der Waals surface area contributed by atoms with Gasteiger partial charge in [0.2, 0.25) is 0 Å². The number of halogens is 3. The van der Waals surface area contributed by atoms with Gasteiger partial charge in [-0.1, -0.05) is 67.7 Å². The Morgan fingerprint density at radius 3 is 1.77 bits per heavy atom. The summed E-state index contributed by atoms with van der Waals surface area (Å²) in [5.74, 6) is 0.882. The van der Waals surface area contributed by atoms with Crippen molar-refractivity contribution in [2.45, 2.75) is 5.54 Å². The van der Waals surface area contributed by atoms with Crippen LogP contribution in [0.5, 0.6) is 0 Å². The molecule has 4 rings (SSSR count). The molecule has 0 fully saturated rings. The van der Waals surface area contributed by atoms with Gasteiger partial charge >= 0.3 is 0 Å². The zero-order chi connectivity index (χ0) is 18.1. The average Bonchev–Trinajstić information content (AvgIpc) is 3.10. The minimum atomic E-state index is -0.392. The molecule has 5 heteroatoms. The standard InChI is InChI=1S/C21H15Br2ClN2/c22-17-7-3-15(4-8-17)21(16-5-9-18(23)10-6-16)13-25-20(26-21)14-1-11-19(24)12-2-14/h1-12H,13H2,(H,25,26). The zero-order valence-corrected chi connectivity index (χ0v) is 17.6. The van der Waals surface area contributed by atoms with Crippen LogP contribution >= 0.6 is 43.5 Å². The monoisotopic (exact) mass is 488 g/mol. The largest absolute Gasteiger partial charge is 0.355 e. The molecular weight excluding hydrogens is 476 g/mol. The van der Waals surface area contributed by atoms with E-state index in [2.05, 4.69) is 85.7 Å². The molecule has 0 unspecified atom stereocenters. The molecule has 3 aromatic rings. The van der Waals surface area contributed by atoms with Gasteiger partial charge in [-0.2, -0.15) is 0 Å². The van der Waals surface area contributed by atoms with E-state index in [4.69, 9.17) is 16.6 Å². The third kappa shape index (κ3) is 3.34. The molecule has 2 nitrogen and oxygen atoms in total. The van der Waals surface area contributed by atoms with E-state index in [1.807, 2.05) is 24.3 Å². The third-order valence-electron chi connectivity index (χ3n) is 4.60. The highest BCUT2D eigenvalue weighted by Crippen LogP contribution is 2.35. The van der Waals surface area contributed by atoms with E-state index in [1.54, 1.807) is 0 Å². The maximum atomic E-state index is 6.03. The summed E-state index contributed by atoms with van der Waals surface area (Å²) in [7, 11) is 0. The lowest BCUT2D eigenvalue weighted by Gasteiger charge is -2.31. The van der Waals surface area contributed by atoms with Crippen LogP contribution in [0.25, 0.3) is 0 Å². The van der Waals surface area contributed by atoms with Crippen LogP contribution in [0.1, 0.15) is 16.7 Å². The first-order chi connectivity index (χ1) is 12.6. The fourth-order valence-electron chi connectivity index (χ4n) is 3.21. The summed E-state index contributed by atoms with van der Waals surface area (Å²) in [5.41, 5.74) is 2.99. The third-order valence-corrected chi connectivity index (χ3v) is 5.91. The van der Waals surface area contributed by atoms with Crippen LogP contribution in [0, 0.1) is 0 Å². The van der Waals surface area contributed by atoms with E-state index in [9.17, 15) is 0 Å². The molecule has 0 saturated carbocycles. The van der Waals surface area contributed by atoms with Crippen molar-refractivity contribution in [1.29, 1.82) is 0 Å². The van der Waals surface area contributed by atoms with Gasteiger partial charge < -0.3 is 5.32 Å². The highest BCUT2D eigenvalue weighted by molar-refractivity contribution is 9.10. The summed E-state index contributed by atoms with van der Waals surface area (Å²) >= 11 is 13.1. The van der Waals surface area contributed by atoms with Gasteiger partial charge in [-0.15, -0.1) is 0 Å². The normalized spacial score (nSPS) is 15.4. The number of benzene rings is 3. The predicted octanol–water partition coefficient (Wildman–Crippen LogP) is 6.16. The van der Waals surface area contributed by atoms with Gasteiger partial charge in [0, 0.05) is 19.5 Å². The maximum Gasteiger partial charge on any atom is 0.129 e. The number of amidine groups is 1. The molecule has 0 amide bonds. The first-order valence-electron chi connectivity index (χ1n) is 8.17. The van der Waals surface area contributed by atoms with Gasteiger partial charge in [-0.25, -0.2) is 0 Å². The van der Waals surface area contributed by atoms with Crippen molar-refractivity contribution < 1.29 is 0 Å². The van der Waals surface area contributed by atoms with Crippen LogP contribution < -0.4 is 5.32 Å². The molecule has 0 aliphatic carbocycles. The molecule has 0 aromatic heterocycles. The Morgan fingerprint density at radius 2 is 1.27 bits per heavy atom. The van der Waals surface area contributed by atoms with Crippen molar-refractivity contribution in [3.63, 3.8) is 0 Å². The first-order valence-corrected chi connectivity index (χ1v) is 10.1. The molecule has 0 spiro atoms. The van der Waals surface area contributed by atoms with E-state index in [0.29, 0.717) is 6.54 Å². The lowest BCUT2D eigenvalue weighted by molar-refractivity contribution is 0.524. The van der Waals surface area contributed by atoms with Crippen molar-refractivity contribution >= 4 is 49.3 Å². The molecular formula is C21H15Br2ClN2. The zero-order valence-electron chi connectivity index (χ0n) is 13.7. The number of rotatable bonds is 3. The molecule has 0 saturated heterocycles. The summed E-state index contributed by atoms with van der Waals surface area (Å²) in [6, 6.07) is 24.6. The fourth-order valence-corrected chi connectivity index (χ4v) is 3.87. The van der Waals surface area contributed by atoms with E-state index < -0.39 is 5.54 Å². The topological polar surface area (TPSA) is 24.4 Å². The number of aliphatic imine (C=N–C) groups is 1. The van der Waals surface area contributed by atoms with Gasteiger partial charge in [0.1, 0.15) is 11.4 Å². The number of nitrogens with one attached hydrogen (secondary N) is 1.